The predicted molar refractivity (Wildman–Crippen MR) is 73.5 cm³/mol. The summed E-state index contributed by atoms with van der Waals surface area (Å²) in [6.07, 6.45) is 3.51. The highest BCUT2D eigenvalue weighted by molar-refractivity contribution is 5.68. The van der Waals surface area contributed by atoms with Crippen molar-refractivity contribution in [3.05, 3.63) is 0 Å². The molecule has 0 radical (unpaired) electrons. The molecule has 0 aliphatic heterocycles. The molecular weight excluding hydrogens is 230 g/mol. The smallest absolute Gasteiger partial charge is 0.407 e. The topological polar surface area (TPSA) is 58.6 Å². The van der Waals surface area contributed by atoms with Crippen LogP contribution >= 0.6 is 0 Å². The molecule has 0 fully saturated rings. The lowest BCUT2D eigenvalue weighted by Gasteiger charge is -2.27. The molecule has 1 amide bonds. The maximum absolute atomic E-state index is 11.7. The van der Waals surface area contributed by atoms with Crippen LogP contribution in [0.5, 0.6) is 0 Å². The summed E-state index contributed by atoms with van der Waals surface area (Å²) in [7, 11) is 0. The van der Waals surface area contributed by atoms with E-state index in [2.05, 4.69) is 19.2 Å². The van der Waals surface area contributed by atoms with Gasteiger partial charge in [0.15, 0.2) is 0 Å². The average Bonchev–Trinajstić information content (AvgIpc) is 2.22. The van der Waals surface area contributed by atoms with Crippen LogP contribution in [0.3, 0.4) is 0 Å². The monoisotopic (exact) mass is 259 g/mol. The zero-order chi connectivity index (χ0) is 14.2. The fraction of sp³-hybridized carbons (Fsp3) is 0.929. The Kier molecular flexibility index (Phi) is 8.00. The fourth-order valence-electron chi connectivity index (χ4n) is 1.82. The SMILES string of the molecule is CCCCC(C)C(CCO)NC(=O)OC(C)(C)C. The van der Waals surface area contributed by atoms with Crippen LogP contribution in [0.1, 0.15) is 60.3 Å². The molecular formula is C14H29NO3. The van der Waals surface area contributed by atoms with E-state index in [0.29, 0.717) is 12.3 Å². The molecule has 18 heavy (non-hydrogen) atoms. The lowest BCUT2D eigenvalue weighted by Crippen LogP contribution is -2.42. The minimum atomic E-state index is -0.486. The number of aliphatic hydroxyl groups is 1. The number of amides is 1. The highest BCUT2D eigenvalue weighted by atomic mass is 16.6. The maximum atomic E-state index is 11.7. The molecule has 0 saturated heterocycles. The third-order valence-electron chi connectivity index (χ3n) is 2.84. The number of rotatable bonds is 7. The van der Waals surface area contributed by atoms with Crippen molar-refractivity contribution >= 4 is 6.09 Å². The second-order valence-corrected chi connectivity index (χ2v) is 5.88. The van der Waals surface area contributed by atoms with E-state index in [9.17, 15) is 4.79 Å². The van der Waals surface area contributed by atoms with Crippen molar-refractivity contribution in [2.75, 3.05) is 6.61 Å². The molecule has 2 unspecified atom stereocenters. The number of ether oxygens (including phenoxy) is 1. The second-order valence-electron chi connectivity index (χ2n) is 5.88. The largest absolute Gasteiger partial charge is 0.444 e. The molecule has 0 saturated carbocycles. The van der Waals surface area contributed by atoms with Gasteiger partial charge < -0.3 is 15.2 Å². The Morgan fingerprint density at radius 2 is 1.94 bits per heavy atom. The first-order valence-corrected chi connectivity index (χ1v) is 6.90. The molecule has 0 aromatic heterocycles. The average molecular weight is 259 g/mol. The molecule has 0 heterocycles. The third-order valence-corrected chi connectivity index (χ3v) is 2.84. The van der Waals surface area contributed by atoms with Gasteiger partial charge >= 0.3 is 6.09 Å². The van der Waals surface area contributed by atoms with Gasteiger partial charge in [0.1, 0.15) is 5.60 Å². The van der Waals surface area contributed by atoms with Crippen LogP contribution in [0.15, 0.2) is 0 Å². The first-order valence-electron chi connectivity index (χ1n) is 6.90. The zero-order valence-corrected chi connectivity index (χ0v) is 12.5. The normalized spacial score (nSPS) is 15.0. The molecule has 2 atom stereocenters. The molecule has 4 nitrogen and oxygen atoms in total. The van der Waals surface area contributed by atoms with Crippen LogP contribution in [0, 0.1) is 5.92 Å². The number of carbonyl (C=O) groups excluding carboxylic acids is 1. The Morgan fingerprint density at radius 1 is 1.33 bits per heavy atom. The second kappa shape index (κ2) is 8.35. The number of nitrogens with one attached hydrogen (secondary N) is 1. The van der Waals surface area contributed by atoms with Crippen molar-refractivity contribution < 1.29 is 14.6 Å². The first-order chi connectivity index (χ1) is 8.30. The molecule has 0 aromatic carbocycles. The van der Waals surface area contributed by atoms with Gasteiger partial charge in [0, 0.05) is 12.6 Å². The Hall–Kier alpha value is -0.770. The molecule has 0 aliphatic rings. The van der Waals surface area contributed by atoms with Gasteiger partial charge in [-0.2, -0.15) is 0 Å². The summed E-state index contributed by atoms with van der Waals surface area (Å²) in [5, 5.41) is 11.9. The third kappa shape index (κ3) is 8.34. The predicted octanol–water partition coefficient (Wildman–Crippen LogP) is 3.09. The van der Waals surface area contributed by atoms with Crippen LogP contribution in [0.4, 0.5) is 4.79 Å². The highest BCUT2D eigenvalue weighted by Crippen LogP contribution is 2.16. The van der Waals surface area contributed by atoms with Gasteiger partial charge in [-0.05, 0) is 39.5 Å². The molecule has 0 aliphatic carbocycles. The zero-order valence-electron chi connectivity index (χ0n) is 12.5. The summed E-state index contributed by atoms with van der Waals surface area (Å²) in [6.45, 7) is 9.86. The van der Waals surface area contributed by atoms with Crippen LogP contribution in [0.2, 0.25) is 0 Å². The number of aliphatic hydroxyl groups excluding tert-OH is 1. The van der Waals surface area contributed by atoms with E-state index >= 15 is 0 Å². The number of alkyl carbamates (subject to hydrolysis) is 1. The summed E-state index contributed by atoms with van der Waals surface area (Å²) in [4.78, 5) is 11.7. The Balaban J connectivity index is 4.29. The van der Waals surface area contributed by atoms with Crippen LogP contribution in [-0.2, 0) is 4.74 Å². The van der Waals surface area contributed by atoms with Crippen LogP contribution in [-0.4, -0.2) is 29.4 Å². The van der Waals surface area contributed by atoms with Gasteiger partial charge in [0.2, 0.25) is 0 Å². The van der Waals surface area contributed by atoms with E-state index in [4.69, 9.17) is 9.84 Å². The van der Waals surface area contributed by atoms with Crippen LogP contribution in [0.25, 0.3) is 0 Å². The minimum absolute atomic E-state index is 0.0172. The fourth-order valence-corrected chi connectivity index (χ4v) is 1.82. The minimum Gasteiger partial charge on any atom is -0.444 e. The van der Waals surface area contributed by atoms with E-state index in [0.717, 1.165) is 19.3 Å². The van der Waals surface area contributed by atoms with Gasteiger partial charge in [-0.15, -0.1) is 0 Å². The summed E-state index contributed by atoms with van der Waals surface area (Å²) < 4.78 is 5.24. The Labute approximate surface area is 111 Å². The van der Waals surface area contributed by atoms with E-state index in [1.165, 1.54) is 0 Å². The van der Waals surface area contributed by atoms with E-state index in [1.807, 2.05) is 20.8 Å². The van der Waals surface area contributed by atoms with E-state index in [-0.39, 0.29) is 12.6 Å². The Bertz CT molecular complexity index is 236. The quantitative estimate of drug-likeness (QED) is 0.738. The maximum Gasteiger partial charge on any atom is 0.407 e. The molecule has 4 heteroatoms. The van der Waals surface area contributed by atoms with Gasteiger partial charge in [-0.25, -0.2) is 4.79 Å². The summed E-state index contributed by atoms with van der Waals surface area (Å²) >= 11 is 0. The highest BCUT2D eigenvalue weighted by Gasteiger charge is 2.22. The number of hydrogen-bond acceptors (Lipinski definition) is 3. The van der Waals surface area contributed by atoms with Crippen molar-refractivity contribution in [2.45, 2.75) is 71.9 Å². The van der Waals surface area contributed by atoms with Crippen molar-refractivity contribution in [3.8, 4) is 0 Å². The van der Waals surface area contributed by atoms with Crippen LogP contribution < -0.4 is 5.32 Å². The summed E-state index contributed by atoms with van der Waals surface area (Å²) in [6, 6.07) is -0.0172. The van der Waals surface area contributed by atoms with Crippen molar-refractivity contribution in [3.63, 3.8) is 0 Å². The van der Waals surface area contributed by atoms with Gasteiger partial charge in [0.25, 0.3) is 0 Å². The van der Waals surface area contributed by atoms with E-state index in [1.54, 1.807) is 0 Å². The first kappa shape index (κ1) is 17.2. The Morgan fingerprint density at radius 3 is 2.39 bits per heavy atom. The summed E-state index contributed by atoms with van der Waals surface area (Å²) in [5.41, 5.74) is -0.486. The van der Waals surface area contributed by atoms with Crippen molar-refractivity contribution in [2.24, 2.45) is 5.92 Å². The van der Waals surface area contributed by atoms with Gasteiger partial charge in [0.05, 0.1) is 0 Å². The molecule has 0 bridgehead atoms. The lowest BCUT2D eigenvalue weighted by atomic mass is 9.94. The molecule has 0 aromatic rings. The number of carbonyl (C=O) groups is 1. The summed E-state index contributed by atoms with van der Waals surface area (Å²) in [5.74, 6) is 0.351. The van der Waals surface area contributed by atoms with Crippen molar-refractivity contribution in [1.82, 2.24) is 5.32 Å². The number of unbranched alkanes of at least 4 members (excludes halogenated alkanes) is 1. The van der Waals surface area contributed by atoms with Gasteiger partial charge in [-0.3, -0.25) is 0 Å². The standard InChI is InChI=1S/C14H29NO3/c1-6-7-8-11(2)12(9-10-16)15-13(17)18-14(3,4)5/h11-12,16H,6-10H2,1-5H3,(H,15,17). The molecule has 0 rings (SSSR count). The number of hydrogen-bond donors (Lipinski definition) is 2. The lowest BCUT2D eigenvalue weighted by molar-refractivity contribution is 0.0476. The van der Waals surface area contributed by atoms with E-state index < -0.39 is 11.7 Å². The molecule has 0 spiro atoms. The molecule has 108 valence electrons. The molecule has 2 N–H and O–H groups in total. The van der Waals surface area contributed by atoms with Gasteiger partial charge in [-0.1, -0.05) is 26.7 Å². The van der Waals surface area contributed by atoms with Crippen molar-refractivity contribution in [1.29, 1.82) is 0 Å².